The number of nitrogens with one attached hydrogen (secondary N) is 2. The third kappa shape index (κ3) is 4.49. The minimum absolute atomic E-state index is 0.0385. The average Bonchev–Trinajstić information content (AvgIpc) is 2.77. The minimum atomic E-state index is -0.0385. The van der Waals surface area contributed by atoms with Gasteiger partial charge in [0, 0.05) is 42.8 Å². The molecule has 0 aliphatic carbocycles. The summed E-state index contributed by atoms with van der Waals surface area (Å²) in [6.45, 7) is 3.00. The van der Waals surface area contributed by atoms with Crippen molar-refractivity contribution in [2.75, 3.05) is 36.1 Å². The van der Waals surface area contributed by atoms with E-state index in [1.54, 1.807) is 25.3 Å². The summed E-state index contributed by atoms with van der Waals surface area (Å²) in [6.07, 6.45) is 1.86. The highest BCUT2D eigenvalue weighted by Gasteiger charge is 2.24. The minimum Gasteiger partial charge on any atom is -0.494 e. The maximum absolute atomic E-state index is 11.6. The predicted octanol–water partition coefficient (Wildman–Crippen LogP) is 2.94. The van der Waals surface area contributed by atoms with Gasteiger partial charge >= 0.3 is 0 Å². The Bertz CT molecular complexity index is 1200. The van der Waals surface area contributed by atoms with Crippen LogP contribution in [0, 0.1) is 11.3 Å². The Morgan fingerprint density at radius 1 is 1.31 bits per heavy atom. The number of hydrogen-bond acceptors (Lipinski definition) is 8. The first-order valence-corrected chi connectivity index (χ1v) is 10.4. The van der Waals surface area contributed by atoms with Crippen LogP contribution in [-0.4, -0.2) is 42.1 Å². The van der Waals surface area contributed by atoms with Crippen LogP contribution in [0.5, 0.6) is 5.75 Å². The molecular formula is C23H25N7O2. The molecule has 9 nitrogen and oxygen atoms in total. The van der Waals surface area contributed by atoms with Crippen LogP contribution in [0.2, 0.25) is 0 Å². The summed E-state index contributed by atoms with van der Waals surface area (Å²) < 4.78 is 5.55. The molecule has 2 aromatic carbocycles. The number of piperidine rings is 1. The lowest BCUT2D eigenvalue weighted by molar-refractivity contribution is -0.119. The van der Waals surface area contributed by atoms with Gasteiger partial charge in [-0.15, -0.1) is 0 Å². The second-order valence-corrected chi connectivity index (χ2v) is 7.79. The van der Waals surface area contributed by atoms with Crippen LogP contribution in [0.15, 0.2) is 36.4 Å². The van der Waals surface area contributed by atoms with E-state index in [0.29, 0.717) is 40.7 Å². The lowest BCUT2D eigenvalue weighted by atomic mass is 10.0. The van der Waals surface area contributed by atoms with E-state index in [4.69, 9.17) is 15.5 Å². The van der Waals surface area contributed by atoms with Gasteiger partial charge in [-0.1, -0.05) is 6.07 Å². The van der Waals surface area contributed by atoms with Crippen molar-refractivity contribution in [2.24, 2.45) is 0 Å². The number of amides is 1. The quantitative estimate of drug-likeness (QED) is 0.526. The van der Waals surface area contributed by atoms with Gasteiger partial charge in [0.15, 0.2) is 0 Å². The number of para-hydroxylation sites is 1. The highest BCUT2D eigenvalue weighted by atomic mass is 16.5. The Morgan fingerprint density at radius 2 is 2.16 bits per heavy atom. The van der Waals surface area contributed by atoms with Gasteiger partial charge in [0.05, 0.1) is 18.7 Å². The lowest BCUT2D eigenvalue weighted by Gasteiger charge is -2.34. The molecule has 1 aliphatic rings. The fraction of sp³-hybridized carbons (Fsp3) is 0.304. The van der Waals surface area contributed by atoms with Gasteiger partial charge in [0.2, 0.25) is 11.9 Å². The fourth-order valence-electron chi connectivity index (χ4n) is 4.06. The molecule has 9 heteroatoms. The molecule has 1 unspecified atom stereocenters. The third-order valence-electron chi connectivity index (χ3n) is 5.36. The molecule has 1 amide bonds. The number of methoxy groups -OCH3 is 1. The summed E-state index contributed by atoms with van der Waals surface area (Å²) in [4.78, 5) is 23.2. The van der Waals surface area contributed by atoms with E-state index in [1.807, 2.05) is 18.2 Å². The number of benzene rings is 2. The van der Waals surface area contributed by atoms with Gasteiger partial charge < -0.3 is 26.0 Å². The molecule has 0 bridgehead atoms. The van der Waals surface area contributed by atoms with Gasteiger partial charge in [-0.05, 0) is 43.2 Å². The van der Waals surface area contributed by atoms with Gasteiger partial charge in [-0.25, -0.2) is 4.98 Å². The van der Waals surface area contributed by atoms with Crippen LogP contribution in [0.3, 0.4) is 0 Å². The van der Waals surface area contributed by atoms with E-state index in [-0.39, 0.29) is 11.9 Å². The van der Waals surface area contributed by atoms with E-state index in [2.05, 4.69) is 26.6 Å². The number of fused-ring (bicyclic) bond motifs is 1. The zero-order chi connectivity index (χ0) is 22.7. The van der Waals surface area contributed by atoms with Crippen molar-refractivity contribution >= 4 is 40.0 Å². The molecule has 1 saturated heterocycles. The summed E-state index contributed by atoms with van der Waals surface area (Å²) in [7, 11) is 1.61. The predicted molar refractivity (Wildman–Crippen MR) is 124 cm³/mol. The van der Waals surface area contributed by atoms with Gasteiger partial charge in [-0.3, -0.25) is 4.79 Å². The molecule has 0 saturated carbocycles. The van der Waals surface area contributed by atoms with Crippen LogP contribution >= 0.6 is 0 Å². The molecule has 4 N–H and O–H groups in total. The van der Waals surface area contributed by atoms with Crippen LogP contribution in [-0.2, 0) is 4.79 Å². The molecule has 1 aromatic heterocycles. The number of carbonyl (C=O) groups excluding carboxylic acids is 1. The van der Waals surface area contributed by atoms with E-state index in [1.165, 1.54) is 6.92 Å². The normalized spacial score (nSPS) is 15.8. The monoisotopic (exact) mass is 431 g/mol. The smallest absolute Gasteiger partial charge is 0.229 e. The van der Waals surface area contributed by atoms with Crippen molar-refractivity contribution in [1.82, 2.24) is 15.3 Å². The zero-order valence-corrected chi connectivity index (χ0v) is 18.1. The van der Waals surface area contributed by atoms with Crippen molar-refractivity contribution in [3.63, 3.8) is 0 Å². The highest BCUT2D eigenvalue weighted by Crippen LogP contribution is 2.33. The topological polar surface area (TPSA) is 129 Å². The number of rotatable bonds is 5. The number of hydrogen-bond donors (Lipinski definition) is 3. The van der Waals surface area contributed by atoms with Crippen molar-refractivity contribution in [1.29, 1.82) is 5.26 Å². The number of nitrogens with two attached hydrogens (primary N) is 1. The second-order valence-electron chi connectivity index (χ2n) is 7.79. The molecule has 164 valence electrons. The Hall–Kier alpha value is -4.06. The largest absolute Gasteiger partial charge is 0.494 e. The highest BCUT2D eigenvalue weighted by molar-refractivity contribution is 5.94. The molecule has 32 heavy (non-hydrogen) atoms. The molecule has 0 radical (unpaired) electrons. The van der Waals surface area contributed by atoms with E-state index >= 15 is 0 Å². The Balaban J connectivity index is 1.77. The van der Waals surface area contributed by atoms with Gasteiger partial charge in [-0.2, -0.15) is 10.2 Å². The number of nitriles is 1. The lowest BCUT2D eigenvalue weighted by Crippen LogP contribution is -2.47. The molecule has 3 aromatic rings. The van der Waals surface area contributed by atoms with Crippen LogP contribution in [0.1, 0.15) is 25.3 Å². The summed E-state index contributed by atoms with van der Waals surface area (Å²) in [6, 6.07) is 12.9. The molecule has 4 rings (SSSR count). The summed E-state index contributed by atoms with van der Waals surface area (Å²) in [5.41, 5.74) is 8.14. The number of nitrogen functional groups attached to an aromatic ring is 1. The molecule has 1 aliphatic heterocycles. The van der Waals surface area contributed by atoms with E-state index in [9.17, 15) is 10.1 Å². The van der Waals surface area contributed by atoms with Crippen molar-refractivity contribution in [3.8, 4) is 11.8 Å². The standard InChI is InChI=1S/C23H25N7O2/c1-14(31)26-17-5-4-8-30(13-17)22-19-6-3-7-20(32-2)21(19)28-23(29-22)27-18-10-15(12-24)9-16(25)11-18/h3,6-7,9-11,17H,4-5,8,13,25H2,1-2H3,(H,26,31)(H,27,28,29). The summed E-state index contributed by atoms with van der Waals surface area (Å²) in [5.74, 6) is 1.72. The zero-order valence-electron chi connectivity index (χ0n) is 18.1. The summed E-state index contributed by atoms with van der Waals surface area (Å²) in [5, 5.41) is 16.3. The maximum atomic E-state index is 11.6. The van der Waals surface area contributed by atoms with Crippen molar-refractivity contribution in [2.45, 2.75) is 25.8 Å². The van der Waals surface area contributed by atoms with Crippen LogP contribution in [0.4, 0.5) is 23.1 Å². The van der Waals surface area contributed by atoms with E-state index < -0.39 is 0 Å². The average molecular weight is 432 g/mol. The Morgan fingerprint density at radius 3 is 2.91 bits per heavy atom. The molecule has 2 heterocycles. The summed E-state index contributed by atoms with van der Waals surface area (Å²) >= 11 is 0. The number of ether oxygens (including phenoxy) is 1. The fourth-order valence-corrected chi connectivity index (χ4v) is 4.06. The first-order valence-electron chi connectivity index (χ1n) is 10.4. The molecule has 0 spiro atoms. The Labute approximate surface area is 186 Å². The first-order chi connectivity index (χ1) is 15.5. The maximum Gasteiger partial charge on any atom is 0.229 e. The van der Waals surface area contributed by atoms with Gasteiger partial charge in [0.1, 0.15) is 17.1 Å². The van der Waals surface area contributed by atoms with Crippen LogP contribution < -0.4 is 26.0 Å². The van der Waals surface area contributed by atoms with Crippen LogP contribution in [0.25, 0.3) is 10.9 Å². The van der Waals surface area contributed by atoms with Crippen molar-refractivity contribution < 1.29 is 9.53 Å². The number of aromatic nitrogens is 2. The molecular weight excluding hydrogens is 406 g/mol. The molecule has 1 atom stereocenters. The number of nitrogens with zero attached hydrogens (tertiary/aromatic N) is 4. The number of anilines is 4. The first kappa shape index (κ1) is 21.2. The SMILES string of the molecule is COc1cccc2c(N3CCCC(NC(C)=O)C3)nc(Nc3cc(N)cc(C#N)c3)nc12. The van der Waals surface area contributed by atoms with Gasteiger partial charge in [0.25, 0.3) is 0 Å². The number of carbonyl (C=O) groups is 1. The Kier molecular flexibility index (Phi) is 5.94. The second kappa shape index (κ2) is 8.98. The third-order valence-corrected chi connectivity index (χ3v) is 5.36. The van der Waals surface area contributed by atoms with Crippen molar-refractivity contribution in [3.05, 3.63) is 42.0 Å². The molecule has 1 fully saturated rings. The van der Waals surface area contributed by atoms with E-state index in [0.717, 1.165) is 30.6 Å².